The van der Waals surface area contributed by atoms with Crippen molar-refractivity contribution in [3.05, 3.63) is 51.5 Å². The Morgan fingerprint density at radius 1 is 1.22 bits per heavy atom. The Kier molecular flexibility index (Phi) is 8.26. The molecule has 1 aromatic heterocycles. The van der Waals surface area contributed by atoms with E-state index < -0.39 is 0 Å². The van der Waals surface area contributed by atoms with Crippen molar-refractivity contribution in [2.75, 3.05) is 20.1 Å². The molecule has 2 N–H and O–H groups in total. The topological polar surface area (TPSA) is 69.6 Å². The van der Waals surface area contributed by atoms with Crippen molar-refractivity contribution >= 4 is 23.2 Å². The third-order valence-corrected chi connectivity index (χ3v) is 5.17. The van der Waals surface area contributed by atoms with Crippen LogP contribution in [-0.4, -0.2) is 41.9 Å². The maximum Gasteiger partial charge on any atom is 0.224 e. The van der Waals surface area contributed by atoms with Crippen LogP contribution in [0.1, 0.15) is 34.5 Å². The molecule has 0 spiro atoms. The Morgan fingerprint density at radius 2 is 1.96 bits per heavy atom. The van der Waals surface area contributed by atoms with Crippen LogP contribution in [0.3, 0.4) is 0 Å². The Morgan fingerprint density at radius 3 is 2.59 bits per heavy atom. The summed E-state index contributed by atoms with van der Waals surface area (Å²) >= 11 is 1.67. The van der Waals surface area contributed by atoms with Gasteiger partial charge in [-0.3, -0.25) is 4.79 Å². The lowest BCUT2D eigenvalue weighted by atomic mass is 10.2. The molecule has 0 saturated carbocycles. The number of nitrogens with one attached hydrogen (secondary N) is 2. The van der Waals surface area contributed by atoms with E-state index in [4.69, 9.17) is 0 Å². The van der Waals surface area contributed by atoms with Gasteiger partial charge in [0.25, 0.3) is 0 Å². The predicted molar refractivity (Wildman–Crippen MR) is 112 cm³/mol. The van der Waals surface area contributed by atoms with Gasteiger partial charge >= 0.3 is 0 Å². The van der Waals surface area contributed by atoms with E-state index in [1.54, 1.807) is 16.2 Å². The largest absolute Gasteiger partial charge is 0.357 e. The molecular formula is C20H29N5OS. The fourth-order valence-corrected chi connectivity index (χ4v) is 3.38. The molecule has 1 heterocycles. The number of benzene rings is 1. The van der Waals surface area contributed by atoms with E-state index in [1.807, 2.05) is 51.2 Å². The number of aromatic nitrogens is 1. The predicted octanol–water partition coefficient (Wildman–Crippen LogP) is 2.86. The van der Waals surface area contributed by atoms with Crippen LogP contribution in [0, 0.1) is 13.8 Å². The normalized spacial score (nSPS) is 11.3. The first-order valence-electron chi connectivity index (χ1n) is 9.22. The third kappa shape index (κ3) is 7.02. The van der Waals surface area contributed by atoms with Gasteiger partial charge in [-0.25, -0.2) is 9.98 Å². The number of hydrogen-bond acceptors (Lipinski definition) is 4. The molecule has 0 saturated heterocycles. The summed E-state index contributed by atoms with van der Waals surface area (Å²) in [6.07, 6.45) is 0.420. The van der Waals surface area contributed by atoms with E-state index in [2.05, 4.69) is 27.5 Å². The van der Waals surface area contributed by atoms with E-state index in [1.165, 1.54) is 4.88 Å². The summed E-state index contributed by atoms with van der Waals surface area (Å²) in [5.74, 6) is 0.815. The van der Waals surface area contributed by atoms with Gasteiger partial charge in [-0.1, -0.05) is 30.3 Å². The number of guanidine groups is 1. The molecular weight excluding hydrogens is 358 g/mol. The van der Waals surface area contributed by atoms with Crippen molar-refractivity contribution < 1.29 is 4.79 Å². The number of carbonyl (C=O) groups excluding carboxylic acids is 1. The van der Waals surface area contributed by atoms with E-state index >= 15 is 0 Å². The summed E-state index contributed by atoms with van der Waals surface area (Å²) in [7, 11) is 1.84. The molecule has 1 aromatic carbocycles. The van der Waals surface area contributed by atoms with Crippen molar-refractivity contribution in [3.8, 4) is 0 Å². The van der Waals surface area contributed by atoms with Crippen molar-refractivity contribution in [3.63, 3.8) is 0 Å². The Bertz CT molecular complexity index is 737. The molecule has 2 rings (SSSR count). The number of nitrogens with zero attached hydrogens (tertiary/aromatic N) is 3. The highest BCUT2D eigenvalue weighted by molar-refractivity contribution is 7.11. The van der Waals surface area contributed by atoms with Crippen molar-refractivity contribution in [1.29, 1.82) is 0 Å². The summed E-state index contributed by atoms with van der Waals surface area (Å²) in [4.78, 5) is 24.4. The number of rotatable bonds is 8. The Labute approximate surface area is 165 Å². The maximum absolute atomic E-state index is 12.3. The first-order chi connectivity index (χ1) is 13.0. The second-order valence-electron chi connectivity index (χ2n) is 6.36. The van der Waals surface area contributed by atoms with Crippen LogP contribution in [0.4, 0.5) is 0 Å². The summed E-state index contributed by atoms with van der Waals surface area (Å²) in [6.45, 7) is 8.57. The average molecular weight is 388 g/mol. The fourth-order valence-electron chi connectivity index (χ4n) is 2.52. The summed E-state index contributed by atoms with van der Waals surface area (Å²) < 4.78 is 0. The lowest BCUT2D eigenvalue weighted by Gasteiger charge is -2.18. The number of thiazole rings is 1. The Hall–Kier alpha value is -2.41. The average Bonchev–Trinajstić information content (AvgIpc) is 2.98. The van der Waals surface area contributed by atoms with Gasteiger partial charge in [-0.05, 0) is 26.3 Å². The quantitative estimate of drug-likeness (QED) is 0.540. The van der Waals surface area contributed by atoms with Gasteiger partial charge in [0.1, 0.15) is 5.01 Å². The number of aryl methyl sites for hydroxylation is 2. The van der Waals surface area contributed by atoms with Crippen LogP contribution in [0.5, 0.6) is 0 Å². The maximum atomic E-state index is 12.3. The highest BCUT2D eigenvalue weighted by atomic mass is 32.1. The second-order valence-corrected chi connectivity index (χ2v) is 7.64. The zero-order chi connectivity index (χ0) is 19.6. The third-order valence-electron chi connectivity index (χ3n) is 4.11. The smallest absolute Gasteiger partial charge is 0.224 e. The number of hydrogen-bond donors (Lipinski definition) is 2. The van der Waals surface area contributed by atoms with E-state index in [0.29, 0.717) is 32.0 Å². The number of aliphatic imine (C=N–C) groups is 1. The van der Waals surface area contributed by atoms with Gasteiger partial charge in [0.15, 0.2) is 5.96 Å². The van der Waals surface area contributed by atoms with Crippen LogP contribution in [0.2, 0.25) is 0 Å². The standard InChI is InChI=1S/C20H29N5OS/c1-5-21-20(23-13-18-24-15(2)16(3)27-18)22-12-11-19(26)25(4)14-17-9-7-6-8-10-17/h6-10H,5,11-14H2,1-4H3,(H2,21,22,23). The highest BCUT2D eigenvalue weighted by Gasteiger charge is 2.09. The Balaban J connectivity index is 1.80. The molecule has 0 unspecified atom stereocenters. The van der Waals surface area contributed by atoms with Gasteiger partial charge < -0.3 is 15.5 Å². The molecule has 1 amide bonds. The van der Waals surface area contributed by atoms with Crippen molar-refractivity contribution in [1.82, 2.24) is 20.5 Å². The molecule has 0 aliphatic carbocycles. The monoisotopic (exact) mass is 387 g/mol. The van der Waals surface area contributed by atoms with Gasteiger partial charge in [0.2, 0.25) is 5.91 Å². The minimum absolute atomic E-state index is 0.105. The number of carbonyl (C=O) groups is 1. The van der Waals surface area contributed by atoms with Gasteiger partial charge in [0.05, 0.1) is 12.2 Å². The van der Waals surface area contributed by atoms with Gasteiger partial charge in [-0.2, -0.15) is 0 Å². The molecule has 6 nitrogen and oxygen atoms in total. The zero-order valence-corrected chi connectivity index (χ0v) is 17.4. The summed E-state index contributed by atoms with van der Waals surface area (Å²) in [6, 6.07) is 10.0. The van der Waals surface area contributed by atoms with Crippen LogP contribution in [-0.2, 0) is 17.9 Å². The molecule has 7 heteroatoms. The van der Waals surface area contributed by atoms with E-state index in [9.17, 15) is 4.79 Å². The highest BCUT2D eigenvalue weighted by Crippen LogP contribution is 2.16. The number of amides is 1. The summed E-state index contributed by atoms with van der Waals surface area (Å²) in [5, 5.41) is 7.44. The van der Waals surface area contributed by atoms with Crippen molar-refractivity contribution in [2.45, 2.75) is 40.3 Å². The molecule has 0 bridgehead atoms. The zero-order valence-electron chi connectivity index (χ0n) is 16.6. The van der Waals surface area contributed by atoms with E-state index in [0.717, 1.165) is 22.8 Å². The second kappa shape index (κ2) is 10.7. The first kappa shape index (κ1) is 20.9. The van der Waals surface area contributed by atoms with Crippen molar-refractivity contribution in [2.24, 2.45) is 4.99 Å². The lowest BCUT2D eigenvalue weighted by Crippen LogP contribution is -2.39. The van der Waals surface area contributed by atoms with Crippen LogP contribution in [0.15, 0.2) is 35.3 Å². The van der Waals surface area contributed by atoms with Crippen LogP contribution >= 0.6 is 11.3 Å². The molecule has 2 aromatic rings. The molecule has 27 heavy (non-hydrogen) atoms. The minimum atomic E-state index is 0.105. The summed E-state index contributed by atoms with van der Waals surface area (Å²) in [5.41, 5.74) is 2.19. The van der Waals surface area contributed by atoms with E-state index in [-0.39, 0.29) is 5.91 Å². The lowest BCUT2D eigenvalue weighted by molar-refractivity contribution is -0.130. The molecule has 0 atom stereocenters. The molecule has 0 fully saturated rings. The molecule has 0 radical (unpaired) electrons. The van der Waals surface area contributed by atoms with Gasteiger partial charge in [0, 0.05) is 38.0 Å². The minimum Gasteiger partial charge on any atom is -0.357 e. The van der Waals surface area contributed by atoms with Crippen LogP contribution < -0.4 is 10.6 Å². The van der Waals surface area contributed by atoms with Crippen LogP contribution in [0.25, 0.3) is 0 Å². The molecule has 146 valence electrons. The first-order valence-corrected chi connectivity index (χ1v) is 10.0. The fraction of sp³-hybridized carbons (Fsp3) is 0.450. The SMILES string of the molecule is CCNC(=NCc1nc(C)c(C)s1)NCCC(=O)N(C)Cc1ccccc1. The molecule has 0 aliphatic heterocycles. The van der Waals surface area contributed by atoms with Gasteiger partial charge in [-0.15, -0.1) is 11.3 Å². The molecule has 0 aliphatic rings.